The van der Waals surface area contributed by atoms with Gasteiger partial charge in [0.1, 0.15) is 18.2 Å². The molecule has 0 aliphatic carbocycles. The number of hydrogen-bond donors (Lipinski definition) is 2. The largest absolute Gasteiger partial charge is 0.326 e. The molecule has 1 aliphatic rings. The highest BCUT2D eigenvalue weighted by molar-refractivity contribution is 6.31. The number of aromatic nitrogens is 2. The number of carbonyl (C=O) groups is 2. The first-order chi connectivity index (χ1) is 17.7. The van der Waals surface area contributed by atoms with Crippen LogP contribution in [0, 0.1) is 11.7 Å². The maximum absolute atomic E-state index is 14.5. The molecule has 2 aromatic carbocycles. The molecule has 3 aromatic rings. The Kier molecular flexibility index (Phi) is 8.20. The zero-order valence-corrected chi connectivity index (χ0v) is 21.7. The number of aryl methyl sites for hydroxylation is 1. The maximum Gasteiger partial charge on any atom is 0.244 e. The van der Waals surface area contributed by atoms with Gasteiger partial charge in [-0.05, 0) is 36.2 Å². The monoisotopic (exact) mass is 525 g/mol. The smallest absolute Gasteiger partial charge is 0.244 e. The van der Waals surface area contributed by atoms with Crippen LogP contribution in [0.2, 0.25) is 5.02 Å². The lowest BCUT2D eigenvalue weighted by atomic mass is 9.97. The van der Waals surface area contributed by atoms with E-state index in [4.69, 9.17) is 11.6 Å². The van der Waals surface area contributed by atoms with Gasteiger partial charge in [-0.1, -0.05) is 29.8 Å². The summed E-state index contributed by atoms with van der Waals surface area (Å²) in [6, 6.07) is 11.8. The number of aliphatic imine (C=N–C) groups is 1. The van der Waals surface area contributed by atoms with Crippen molar-refractivity contribution in [2.45, 2.75) is 6.42 Å². The summed E-state index contributed by atoms with van der Waals surface area (Å²) in [7, 11) is 5.44. The van der Waals surface area contributed by atoms with Crippen molar-refractivity contribution in [1.29, 1.82) is 0 Å². The van der Waals surface area contributed by atoms with Gasteiger partial charge in [0.15, 0.2) is 0 Å². The molecule has 0 saturated carbocycles. The van der Waals surface area contributed by atoms with E-state index in [0.29, 0.717) is 11.5 Å². The predicted octanol–water partition coefficient (Wildman–Crippen LogP) is 2.98. The second-order valence-corrected chi connectivity index (χ2v) is 9.53. The Morgan fingerprint density at radius 2 is 2.00 bits per heavy atom. The van der Waals surface area contributed by atoms with Crippen LogP contribution in [0.5, 0.6) is 0 Å². The van der Waals surface area contributed by atoms with Crippen molar-refractivity contribution in [3.63, 3.8) is 0 Å². The van der Waals surface area contributed by atoms with Crippen LogP contribution in [-0.2, 0) is 23.1 Å². The average molecular weight is 526 g/mol. The highest BCUT2D eigenvalue weighted by Crippen LogP contribution is 2.25. The molecule has 1 aromatic heterocycles. The molecule has 2 N–H and O–H groups in total. The third-order valence-corrected chi connectivity index (χ3v) is 6.24. The van der Waals surface area contributed by atoms with Crippen LogP contribution in [0.4, 0.5) is 10.1 Å². The summed E-state index contributed by atoms with van der Waals surface area (Å²) in [4.78, 5) is 32.5. The zero-order valence-electron chi connectivity index (χ0n) is 20.9. The van der Waals surface area contributed by atoms with E-state index in [1.807, 2.05) is 31.4 Å². The third-order valence-electron chi connectivity index (χ3n) is 5.89. The molecule has 2 heterocycles. The van der Waals surface area contributed by atoms with Crippen molar-refractivity contribution in [3.8, 4) is 11.1 Å². The molecule has 11 heteroatoms. The summed E-state index contributed by atoms with van der Waals surface area (Å²) in [5, 5.41) is 9.02. The van der Waals surface area contributed by atoms with E-state index < -0.39 is 11.7 Å². The Bertz CT molecular complexity index is 1300. The van der Waals surface area contributed by atoms with Crippen molar-refractivity contribution in [1.82, 2.24) is 25.1 Å². The molecule has 0 bridgehead atoms. The van der Waals surface area contributed by atoms with Gasteiger partial charge in [-0.3, -0.25) is 19.3 Å². The first-order valence-electron chi connectivity index (χ1n) is 11.8. The van der Waals surface area contributed by atoms with E-state index in [2.05, 4.69) is 20.8 Å². The minimum Gasteiger partial charge on any atom is -0.326 e. The van der Waals surface area contributed by atoms with Gasteiger partial charge in [-0.2, -0.15) is 5.10 Å². The molecule has 9 nitrogen and oxygen atoms in total. The number of nitrogens with one attached hydrogen (secondary N) is 2. The fourth-order valence-corrected chi connectivity index (χ4v) is 4.41. The summed E-state index contributed by atoms with van der Waals surface area (Å²) in [6.45, 7) is 0.0677. The molecular weight excluding hydrogens is 497 g/mol. The van der Waals surface area contributed by atoms with Gasteiger partial charge in [0.05, 0.1) is 25.2 Å². The van der Waals surface area contributed by atoms with Gasteiger partial charge < -0.3 is 15.6 Å². The average Bonchev–Trinajstić information content (AvgIpc) is 3.23. The molecule has 2 amide bonds. The van der Waals surface area contributed by atoms with Crippen molar-refractivity contribution in [2.75, 3.05) is 39.0 Å². The fraction of sp³-hybridized carbons (Fsp3) is 0.308. The van der Waals surface area contributed by atoms with Crippen molar-refractivity contribution in [3.05, 3.63) is 71.3 Å². The van der Waals surface area contributed by atoms with Gasteiger partial charge in [0, 0.05) is 49.2 Å². The lowest BCUT2D eigenvalue weighted by molar-refractivity contribution is -0.137. The van der Waals surface area contributed by atoms with Gasteiger partial charge in [-0.25, -0.2) is 9.40 Å². The van der Waals surface area contributed by atoms with Crippen LogP contribution in [0.25, 0.3) is 11.1 Å². The third kappa shape index (κ3) is 6.72. The number of hydrazine groups is 1. The van der Waals surface area contributed by atoms with Crippen LogP contribution in [0.15, 0.2) is 59.9 Å². The zero-order chi connectivity index (χ0) is 26.5. The summed E-state index contributed by atoms with van der Waals surface area (Å²) in [5.74, 6) is -1.26. The minimum atomic E-state index is -0.669. The van der Waals surface area contributed by atoms with Crippen LogP contribution >= 0.6 is 11.6 Å². The number of halogens is 2. The van der Waals surface area contributed by atoms with E-state index in [1.54, 1.807) is 42.1 Å². The Hall–Kier alpha value is -3.76. The molecular formula is C26H29ClFN7O2. The van der Waals surface area contributed by atoms with E-state index in [0.717, 1.165) is 11.1 Å². The maximum atomic E-state index is 14.5. The summed E-state index contributed by atoms with van der Waals surface area (Å²) in [6.07, 6.45) is 3.71. The number of benzene rings is 2. The molecule has 194 valence electrons. The second kappa shape index (κ2) is 11.5. The number of rotatable bonds is 7. The molecule has 0 fully saturated rings. The van der Waals surface area contributed by atoms with E-state index in [9.17, 15) is 14.0 Å². The Morgan fingerprint density at radius 3 is 2.70 bits per heavy atom. The van der Waals surface area contributed by atoms with Crippen LogP contribution in [-0.4, -0.2) is 71.1 Å². The Labute approximate surface area is 219 Å². The first-order valence-corrected chi connectivity index (χ1v) is 12.2. The molecule has 37 heavy (non-hydrogen) atoms. The van der Waals surface area contributed by atoms with Crippen LogP contribution in [0.3, 0.4) is 0 Å². The molecule has 1 unspecified atom stereocenters. The topological polar surface area (TPSA) is 94.9 Å². The number of hydrogen-bond acceptors (Lipinski definition) is 6. The number of amides is 2. The fourth-order valence-electron chi connectivity index (χ4n) is 4.17. The second-order valence-electron chi connectivity index (χ2n) is 9.12. The lowest BCUT2D eigenvalue weighted by Gasteiger charge is -2.25. The van der Waals surface area contributed by atoms with E-state index in [-0.39, 0.29) is 48.5 Å². The normalized spacial score (nSPS) is 15.9. The standard InChI is InChI=1S/C26H29ClFN7O2/c1-33(2)32-24-15-35(26(37)18(12-29-24)11-21-22(27)8-5-9-23(21)28)16-25(36)31-20-7-4-6-17(10-20)19-13-30-34(3)14-19/h4-10,13-14,18H,11-12,15-16H2,1-3H3,(H,29,32)(H,31,36). The van der Waals surface area contributed by atoms with Gasteiger partial charge in [0.2, 0.25) is 11.8 Å². The van der Waals surface area contributed by atoms with Gasteiger partial charge in [-0.15, -0.1) is 0 Å². The highest BCUT2D eigenvalue weighted by atomic mass is 35.5. The van der Waals surface area contributed by atoms with Gasteiger partial charge in [0.25, 0.3) is 0 Å². The quantitative estimate of drug-likeness (QED) is 0.462. The van der Waals surface area contributed by atoms with E-state index in [1.165, 1.54) is 17.0 Å². The Balaban J connectivity index is 1.51. The Morgan fingerprint density at radius 1 is 1.22 bits per heavy atom. The van der Waals surface area contributed by atoms with Crippen molar-refractivity contribution < 1.29 is 14.0 Å². The number of carbonyl (C=O) groups excluding carboxylic acids is 2. The number of anilines is 1. The predicted molar refractivity (Wildman–Crippen MR) is 142 cm³/mol. The summed E-state index contributed by atoms with van der Waals surface area (Å²) < 4.78 is 16.2. The van der Waals surface area contributed by atoms with Crippen molar-refractivity contribution >= 4 is 34.9 Å². The van der Waals surface area contributed by atoms with Gasteiger partial charge >= 0.3 is 0 Å². The van der Waals surface area contributed by atoms with E-state index >= 15 is 0 Å². The molecule has 1 aliphatic heterocycles. The highest BCUT2D eigenvalue weighted by Gasteiger charge is 2.31. The van der Waals surface area contributed by atoms with Crippen LogP contribution < -0.4 is 10.7 Å². The molecule has 1 atom stereocenters. The SMILES string of the molecule is CN(C)NC1=NCC(Cc2c(F)cccc2Cl)C(=O)N(CC(=O)Nc2cccc(-c3cnn(C)c3)c2)C1. The first kappa shape index (κ1) is 26.3. The lowest BCUT2D eigenvalue weighted by Crippen LogP contribution is -2.47. The molecule has 0 radical (unpaired) electrons. The summed E-state index contributed by atoms with van der Waals surface area (Å²) >= 11 is 6.22. The minimum absolute atomic E-state index is 0.0777. The van der Waals surface area contributed by atoms with Crippen molar-refractivity contribution in [2.24, 2.45) is 18.0 Å². The summed E-state index contributed by atoms with van der Waals surface area (Å²) in [5.41, 5.74) is 5.77. The molecule has 0 spiro atoms. The molecule has 0 saturated heterocycles. The number of nitrogens with zero attached hydrogens (tertiary/aromatic N) is 5. The molecule has 4 rings (SSSR count). The van der Waals surface area contributed by atoms with Crippen LogP contribution in [0.1, 0.15) is 5.56 Å². The number of amidine groups is 1.